The minimum Gasteiger partial charge on any atom is -0.598 e. The summed E-state index contributed by atoms with van der Waals surface area (Å²) in [5, 5.41) is 29.3. The molecule has 0 aromatic heterocycles. The van der Waals surface area contributed by atoms with Crippen LogP contribution in [-0.2, 0) is 0 Å². The lowest BCUT2D eigenvalue weighted by Gasteiger charge is -2.32. The molecule has 0 aliphatic rings. The molecule has 0 aliphatic heterocycles. The van der Waals surface area contributed by atoms with Crippen molar-refractivity contribution >= 4 is 0 Å². The number of hydroxylamine groups is 4. The summed E-state index contributed by atoms with van der Waals surface area (Å²) in [6.45, 7) is 2.68. The fourth-order valence-corrected chi connectivity index (χ4v) is 3.10. The van der Waals surface area contributed by atoms with E-state index in [1.54, 1.807) is 6.92 Å². The van der Waals surface area contributed by atoms with E-state index in [4.69, 9.17) is 5.11 Å². The third-order valence-corrected chi connectivity index (χ3v) is 4.91. The predicted molar refractivity (Wildman–Crippen MR) is 102 cm³/mol. The number of hydrogen-bond acceptors (Lipinski definition) is 3. The molecule has 1 unspecified atom stereocenters. The van der Waals surface area contributed by atoms with E-state index in [0.29, 0.717) is 13.2 Å². The van der Waals surface area contributed by atoms with E-state index < -0.39 is 4.81 Å². The summed E-state index contributed by atoms with van der Waals surface area (Å²) in [5.41, 5.74) is 0. The van der Waals surface area contributed by atoms with Gasteiger partial charge in [-0.3, -0.25) is 0 Å². The average Bonchev–Trinajstić information content (AvgIpc) is 2.57. The summed E-state index contributed by atoms with van der Waals surface area (Å²) >= 11 is 0. The summed E-state index contributed by atoms with van der Waals surface area (Å²) in [4.78, 5) is -1.07. The third kappa shape index (κ3) is 18.2. The van der Waals surface area contributed by atoms with E-state index in [2.05, 4.69) is 0 Å². The number of hydrogen-bond donors (Lipinski definition) is 2. The van der Waals surface area contributed by atoms with Crippen LogP contribution >= 0.6 is 0 Å². The summed E-state index contributed by atoms with van der Waals surface area (Å²) in [6, 6.07) is 0. The van der Waals surface area contributed by atoms with E-state index >= 15 is 0 Å². The van der Waals surface area contributed by atoms with Crippen molar-refractivity contribution in [3.05, 3.63) is 5.21 Å². The van der Waals surface area contributed by atoms with Gasteiger partial charge in [-0.2, -0.15) is 0 Å². The lowest BCUT2D eigenvalue weighted by molar-refractivity contribution is -1.06. The van der Waals surface area contributed by atoms with Gasteiger partial charge in [0, 0.05) is 6.61 Å². The molecule has 0 fully saturated rings. The normalized spacial score (nSPS) is 14.0. The van der Waals surface area contributed by atoms with Gasteiger partial charge in [-0.05, 0) is 26.2 Å². The molecule has 0 saturated heterocycles. The molecule has 0 aliphatic carbocycles. The van der Waals surface area contributed by atoms with Crippen LogP contribution < -0.4 is 0 Å². The molecule has 0 aromatic rings. The number of unbranched alkanes of at least 4 members (excludes halogenated alkanes) is 15. The van der Waals surface area contributed by atoms with Crippen LogP contribution in [0.5, 0.6) is 0 Å². The molecule has 0 saturated carbocycles. The fraction of sp³-hybridized carbons (Fsp3) is 1.00. The molecule has 4 nitrogen and oxygen atoms in total. The summed E-state index contributed by atoms with van der Waals surface area (Å²) in [5.74, 6) is 0. The smallest absolute Gasteiger partial charge is 0.108 e. The van der Waals surface area contributed by atoms with Gasteiger partial charge in [0.1, 0.15) is 13.1 Å². The Hall–Kier alpha value is -0.160. The maximum atomic E-state index is 11.3. The van der Waals surface area contributed by atoms with Gasteiger partial charge in [-0.25, -0.2) is 10.0 Å². The Labute approximate surface area is 150 Å². The molecule has 0 rings (SSSR count). The van der Waals surface area contributed by atoms with Crippen LogP contribution in [0.25, 0.3) is 0 Å². The van der Waals surface area contributed by atoms with E-state index in [1.165, 1.54) is 83.5 Å². The van der Waals surface area contributed by atoms with E-state index in [1.807, 2.05) is 0 Å². The highest BCUT2D eigenvalue weighted by Crippen LogP contribution is 2.14. The zero-order chi connectivity index (χ0) is 17.9. The van der Waals surface area contributed by atoms with Crippen molar-refractivity contribution < 1.29 is 15.1 Å². The molecule has 0 heterocycles. The molecule has 0 amide bonds. The Morgan fingerprint density at radius 2 is 0.875 bits per heavy atom. The molecule has 1 atom stereocenters. The molecule has 4 heteroatoms. The molecule has 0 spiro atoms. The third-order valence-electron chi connectivity index (χ3n) is 4.91. The Morgan fingerprint density at radius 1 is 0.583 bits per heavy atom. The van der Waals surface area contributed by atoms with Gasteiger partial charge < -0.3 is 10.3 Å². The summed E-state index contributed by atoms with van der Waals surface area (Å²) in [6.07, 6.45) is 20.1. The molecule has 24 heavy (non-hydrogen) atoms. The molecular formula is C20H43NO3. The number of rotatable bonds is 19. The first-order chi connectivity index (χ1) is 11.6. The van der Waals surface area contributed by atoms with E-state index in [9.17, 15) is 10.4 Å². The second-order valence-corrected chi connectivity index (χ2v) is 7.27. The van der Waals surface area contributed by atoms with Gasteiger partial charge in [0.15, 0.2) is 0 Å². The standard InChI is InChI=1S/C20H43NO3/c1-2-21(23,24)19-17-15-13-11-9-7-5-3-4-6-8-10-12-14-16-18-20-22/h22-23H,2-20H2,1H3. The number of aliphatic hydroxyl groups excluding tert-OH is 1. The predicted octanol–water partition coefficient (Wildman–Crippen LogP) is 5.94. The molecule has 2 N–H and O–H groups in total. The van der Waals surface area contributed by atoms with Gasteiger partial charge in [0.2, 0.25) is 0 Å². The molecule has 0 radical (unpaired) electrons. The monoisotopic (exact) mass is 345 g/mol. The molecular weight excluding hydrogens is 302 g/mol. The lowest BCUT2D eigenvalue weighted by atomic mass is 10.0. The van der Waals surface area contributed by atoms with Gasteiger partial charge in [0.25, 0.3) is 0 Å². The van der Waals surface area contributed by atoms with Crippen molar-refractivity contribution in [1.29, 1.82) is 0 Å². The highest BCUT2D eigenvalue weighted by molar-refractivity contribution is 4.50. The van der Waals surface area contributed by atoms with Crippen molar-refractivity contribution in [2.75, 3.05) is 19.7 Å². The summed E-state index contributed by atoms with van der Waals surface area (Å²) < 4.78 is 0. The van der Waals surface area contributed by atoms with Crippen molar-refractivity contribution in [2.45, 2.75) is 110 Å². The maximum Gasteiger partial charge on any atom is 0.108 e. The van der Waals surface area contributed by atoms with Gasteiger partial charge in [0.05, 0.1) is 0 Å². The fourth-order valence-electron chi connectivity index (χ4n) is 3.10. The Morgan fingerprint density at radius 3 is 1.17 bits per heavy atom. The van der Waals surface area contributed by atoms with Crippen LogP contribution in [0.1, 0.15) is 110 Å². The Bertz CT molecular complexity index is 247. The van der Waals surface area contributed by atoms with Crippen LogP contribution in [0.2, 0.25) is 0 Å². The highest BCUT2D eigenvalue weighted by Gasteiger charge is 2.08. The zero-order valence-corrected chi connectivity index (χ0v) is 16.2. The SMILES string of the molecule is CC[N+]([O-])(O)CCCCCCCCCCCCCCCCCCO. The summed E-state index contributed by atoms with van der Waals surface area (Å²) in [7, 11) is 0. The highest BCUT2D eigenvalue weighted by atomic mass is 16.8. The average molecular weight is 346 g/mol. The Balaban J connectivity index is 3.05. The van der Waals surface area contributed by atoms with Gasteiger partial charge in [-0.15, -0.1) is 0 Å². The zero-order valence-electron chi connectivity index (χ0n) is 16.2. The van der Waals surface area contributed by atoms with Crippen LogP contribution in [0.15, 0.2) is 0 Å². The Kier molecular flexibility index (Phi) is 17.5. The van der Waals surface area contributed by atoms with Crippen molar-refractivity contribution in [3.8, 4) is 0 Å². The maximum absolute atomic E-state index is 11.3. The molecule has 0 bridgehead atoms. The van der Waals surface area contributed by atoms with E-state index in [0.717, 1.165) is 19.3 Å². The van der Waals surface area contributed by atoms with Crippen LogP contribution in [0, 0.1) is 5.21 Å². The van der Waals surface area contributed by atoms with Crippen molar-refractivity contribution in [1.82, 2.24) is 0 Å². The van der Waals surface area contributed by atoms with Crippen molar-refractivity contribution in [2.24, 2.45) is 0 Å². The van der Waals surface area contributed by atoms with Gasteiger partial charge in [-0.1, -0.05) is 83.5 Å². The second-order valence-electron chi connectivity index (χ2n) is 7.27. The minimum atomic E-state index is -1.07. The molecule has 146 valence electrons. The largest absolute Gasteiger partial charge is 0.598 e. The van der Waals surface area contributed by atoms with Gasteiger partial charge >= 0.3 is 0 Å². The number of aliphatic hydroxyl groups is 1. The van der Waals surface area contributed by atoms with Crippen LogP contribution in [-0.4, -0.2) is 34.8 Å². The minimum absolute atomic E-state index is 0.254. The van der Waals surface area contributed by atoms with Crippen LogP contribution in [0.3, 0.4) is 0 Å². The first kappa shape index (κ1) is 23.8. The number of nitrogens with zero attached hydrogens (tertiary/aromatic N) is 1. The molecule has 0 aromatic carbocycles. The van der Waals surface area contributed by atoms with E-state index in [-0.39, 0.29) is 6.54 Å². The topological polar surface area (TPSA) is 63.5 Å². The first-order valence-electron chi connectivity index (χ1n) is 10.5. The van der Waals surface area contributed by atoms with Crippen LogP contribution in [0.4, 0.5) is 0 Å². The lowest BCUT2D eigenvalue weighted by Crippen LogP contribution is -2.38. The first-order valence-corrected chi connectivity index (χ1v) is 10.5. The van der Waals surface area contributed by atoms with Crippen molar-refractivity contribution in [3.63, 3.8) is 0 Å². The number of quaternary nitrogens is 1. The second kappa shape index (κ2) is 17.7. The quantitative estimate of drug-likeness (QED) is 0.173.